The van der Waals surface area contributed by atoms with Crippen molar-refractivity contribution in [2.24, 2.45) is 5.92 Å². The minimum atomic E-state index is -3.54. The molecule has 0 aliphatic heterocycles. The maximum absolute atomic E-state index is 12.4. The Hall–Kier alpha value is -0.920. The average Bonchev–Trinajstić information content (AvgIpc) is 2.56. The van der Waals surface area contributed by atoms with Crippen LogP contribution in [0.2, 0.25) is 0 Å². The minimum Gasteiger partial charge on any atom is -0.308 e. The zero-order valence-corrected chi connectivity index (χ0v) is 13.3. The largest absolute Gasteiger partial charge is 0.308 e. The predicted octanol–water partition coefficient (Wildman–Crippen LogP) is 0.891. The van der Waals surface area contributed by atoms with E-state index in [1.165, 1.54) is 0 Å². The Kier molecular flexibility index (Phi) is 5.11. The van der Waals surface area contributed by atoms with Gasteiger partial charge in [0.15, 0.2) is 0 Å². The first kappa shape index (κ1) is 16.1. The summed E-state index contributed by atoms with van der Waals surface area (Å²) in [6.45, 7) is 8.07. The summed E-state index contributed by atoms with van der Waals surface area (Å²) < 4.78 is 27.7. The van der Waals surface area contributed by atoms with Crippen molar-refractivity contribution in [3.05, 3.63) is 11.4 Å². The van der Waals surface area contributed by atoms with Crippen LogP contribution in [0.4, 0.5) is 0 Å². The van der Waals surface area contributed by atoms with Gasteiger partial charge in [-0.05, 0) is 33.9 Å². The van der Waals surface area contributed by atoms with Crippen molar-refractivity contribution in [1.82, 2.24) is 19.8 Å². The molecule has 0 bridgehead atoms. The van der Waals surface area contributed by atoms with Crippen LogP contribution in [-0.2, 0) is 10.0 Å². The standard InChI is InChI=1S/C12H24N4O2S/c1-8(2)11(7-16(5)6)15-19(17,18)12-9(3)13-14-10(12)4/h8,11,15H,7H2,1-6H3,(H,13,14). The molecule has 0 saturated carbocycles. The van der Waals surface area contributed by atoms with Gasteiger partial charge < -0.3 is 4.90 Å². The molecule has 0 radical (unpaired) electrons. The van der Waals surface area contributed by atoms with Gasteiger partial charge in [-0.3, -0.25) is 5.10 Å². The molecule has 1 unspecified atom stereocenters. The fourth-order valence-electron chi connectivity index (χ4n) is 1.97. The number of nitrogens with zero attached hydrogens (tertiary/aromatic N) is 2. The molecule has 0 aromatic carbocycles. The molecular formula is C12H24N4O2S. The topological polar surface area (TPSA) is 78.1 Å². The van der Waals surface area contributed by atoms with E-state index in [0.717, 1.165) is 0 Å². The Bertz CT molecular complexity index is 500. The van der Waals surface area contributed by atoms with Gasteiger partial charge in [0.2, 0.25) is 10.0 Å². The maximum Gasteiger partial charge on any atom is 0.244 e. The summed E-state index contributed by atoms with van der Waals surface area (Å²) >= 11 is 0. The van der Waals surface area contributed by atoms with Gasteiger partial charge in [0.05, 0.1) is 11.4 Å². The molecule has 0 fully saturated rings. The fourth-order valence-corrected chi connectivity index (χ4v) is 3.72. The Morgan fingerprint density at radius 3 is 2.26 bits per heavy atom. The molecule has 2 N–H and O–H groups in total. The zero-order valence-electron chi connectivity index (χ0n) is 12.5. The number of sulfonamides is 1. The lowest BCUT2D eigenvalue weighted by Gasteiger charge is -2.25. The molecule has 1 aromatic rings. The molecule has 1 heterocycles. The second kappa shape index (κ2) is 6.02. The first-order valence-corrected chi connectivity index (χ1v) is 7.82. The van der Waals surface area contributed by atoms with Gasteiger partial charge in [-0.25, -0.2) is 13.1 Å². The average molecular weight is 288 g/mol. The van der Waals surface area contributed by atoms with Crippen molar-refractivity contribution in [3.8, 4) is 0 Å². The van der Waals surface area contributed by atoms with Crippen LogP contribution < -0.4 is 4.72 Å². The second-order valence-corrected chi connectivity index (χ2v) is 7.15. The van der Waals surface area contributed by atoms with Crippen molar-refractivity contribution in [1.29, 1.82) is 0 Å². The van der Waals surface area contributed by atoms with Gasteiger partial charge in [-0.1, -0.05) is 13.8 Å². The number of likely N-dealkylation sites (N-methyl/N-ethyl adjacent to an activating group) is 1. The summed E-state index contributed by atoms with van der Waals surface area (Å²) in [5.74, 6) is 0.213. The van der Waals surface area contributed by atoms with Crippen molar-refractivity contribution >= 4 is 10.0 Å². The van der Waals surface area contributed by atoms with Gasteiger partial charge in [-0.2, -0.15) is 5.10 Å². The van der Waals surface area contributed by atoms with Gasteiger partial charge in [0.1, 0.15) is 4.90 Å². The quantitative estimate of drug-likeness (QED) is 0.815. The van der Waals surface area contributed by atoms with Crippen LogP contribution in [0, 0.1) is 19.8 Å². The lowest BCUT2D eigenvalue weighted by molar-refractivity contribution is 0.314. The van der Waals surface area contributed by atoms with Crippen LogP contribution >= 0.6 is 0 Å². The number of aromatic amines is 1. The Balaban J connectivity index is 3.01. The van der Waals surface area contributed by atoms with Crippen molar-refractivity contribution in [2.45, 2.75) is 38.6 Å². The molecule has 0 aliphatic carbocycles. The number of H-pyrrole nitrogens is 1. The monoisotopic (exact) mass is 288 g/mol. The molecule has 110 valence electrons. The van der Waals surface area contributed by atoms with E-state index in [0.29, 0.717) is 17.9 Å². The first-order chi connectivity index (χ1) is 8.65. The van der Waals surface area contributed by atoms with Crippen LogP contribution in [0.1, 0.15) is 25.2 Å². The van der Waals surface area contributed by atoms with E-state index in [1.54, 1.807) is 13.8 Å². The Morgan fingerprint density at radius 1 is 1.32 bits per heavy atom. The van der Waals surface area contributed by atoms with Crippen LogP contribution in [-0.4, -0.2) is 50.2 Å². The van der Waals surface area contributed by atoms with Crippen molar-refractivity contribution < 1.29 is 8.42 Å². The molecular weight excluding hydrogens is 264 g/mol. The summed E-state index contributed by atoms with van der Waals surface area (Å²) in [5.41, 5.74) is 1.06. The van der Waals surface area contributed by atoms with E-state index in [-0.39, 0.29) is 16.9 Å². The number of hydrogen-bond acceptors (Lipinski definition) is 4. The summed E-state index contributed by atoms with van der Waals surface area (Å²) in [4.78, 5) is 2.24. The second-order valence-electron chi connectivity index (χ2n) is 5.50. The highest BCUT2D eigenvalue weighted by Crippen LogP contribution is 2.18. The molecule has 0 spiro atoms. The van der Waals surface area contributed by atoms with Crippen LogP contribution in [0.15, 0.2) is 4.90 Å². The summed E-state index contributed by atoms with van der Waals surface area (Å²) in [6, 6.07) is -0.131. The normalized spacial score (nSPS) is 14.3. The minimum absolute atomic E-state index is 0.131. The highest BCUT2D eigenvalue weighted by molar-refractivity contribution is 7.89. The predicted molar refractivity (Wildman–Crippen MR) is 75.6 cm³/mol. The van der Waals surface area contributed by atoms with E-state index in [1.807, 2.05) is 32.8 Å². The third-order valence-corrected chi connectivity index (χ3v) is 4.75. The van der Waals surface area contributed by atoms with E-state index in [2.05, 4.69) is 14.9 Å². The third kappa shape index (κ3) is 4.02. The van der Waals surface area contributed by atoms with E-state index >= 15 is 0 Å². The lowest BCUT2D eigenvalue weighted by Crippen LogP contribution is -2.45. The summed E-state index contributed by atoms with van der Waals surface area (Å²) in [6.07, 6.45) is 0. The molecule has 0 aliphatic rings. The fraction of sp³-hybridized carbons (Fsp3) is 0.750. The van der Waals surface area contributed by atoms with Crippen LogP contribution in [0.5, 0.6) is 0 Å². The molecule has 1 rings (SSSR count). The van der Waals surface area contributed by atoms with Gasteiger partial charge in [-0.15, -0.1) is 0 Å². The molecule has 6 nitrogen and oxygen atoms in total. The van der Waals surface area contributed by atoms with Gasteiger partial charge in [0, 0.05) is 12.6 Å². The highest BCUT2D eigenvalue weighted by Gasteiger charge is 2.27. The Morgan fingerprint density at radius 2 is 1.89 bits per heavy atom. The molecule has 0 saturated heterocycles. The van der Waals surface area contributed by atoms with Crippen molar-refractivity contribution in [3.63, 3.8) is 0 Å². The van der Waals surface area contributed by atoms with E-state index in [4.69, 9.17) is 0 Å². The number of aromatic nitrogens is 2. The van der Waals surface area contributed by atoms with Crippen LogP contribution in [0.25, 0.3) is 0 Å². The van der Waals surface area contributed by atoms with Crippen LogP contribution in [0.3, 0.4) is 0 Å². The number of rotatable bonds is 6. The van der Waals surface area contributed by atoms with Crippen molar-refractivity contribution in [2.75, 3.05) is 20.6 Å². The van der Waals surface area contributed by atoms with Gasteiger partial charge >= 0.3 is 0 Å². The maximum atomic E-state index is 12.4. The molecule has 1 aromatic heterocycles. The SMILES string of the molecule is Cc1n[nH]c(C)c1S(=O)(=O)NC(CN(C)C)C(C)C. The summed E-state index contributed by atoms with van der Waals surface area (Å²) in [7, 11) is 0.319. The third-order valence-electron chi connectivity index (χ3n) is 3.00. The molecule has 7 heteroatoms. The molecule has 0 amide bonds. The van der Waals surface area contributed by atoms with Gasteiger partial charge in [0.25, 0.3) is 0 Å². The zero-order chi connectivity index (χ0) is 14.8. The molecule has 19 heavy (non-hydrogen) atoms. The molecule has 1 atom stereocenters. The first-order valence-electron chi connectivity index (χ1n) is 6.33. The highest BCUT2D eigenvalue weighted by atomic mass is 32.2. The van der Waals surface area contributed by atoms with E-state index in [9.17, 15) is 8.42 Å². The van der Waals surface area contributed by atoms with E-state index < -0.39 is 10.0 Å². The summed E-state index contributed by atoms with van der Waals surface area (Å²) in [5, 5.41) is 6.65. The lowest BCUT2D eigenvalue weighted by atomic mass is 10.1. The number of hydrogen-bond donors (Lipinski definition) is 2. The Labute approximate surface area is 115 Å². The smallest absolute Gasteiger partial charge is 0.244 e. The number of nitrogens with one attached hydrogen (secondary N) is 2. The number of aryl methyl sites for hydroxylation is 2.